The minimum absolute atomic E-state index is 0.00318. The standard InChI is InChI=1S/C19H27NO5/c21-17-10-9-15(19(22)23)18(16-8-4-12-25-16)20(17)11-5-13-24-14-6-2-1-3-7-14/h4,8,12,14-15,18H,1-3,5-7,9-11,13H2,(H,22,23)/t15-,18-/m1/s1. The summed E-state index contributed by atoms with van der Waals surface area (Å²) in [6.45, 7) is 1.11. The molecule has 1 saturated heterocycles. The number of nitrogens with zero attached hydrogens (tertiary/aromatic N) is 1. The van der Waals surface area contributed by atoms with E-state index in [0.717, 1.165) is 12.8 Å². The molecule has 1 aliphatic heterocycles. The summed E-state index contributed by atoms with van der Waals surface area (Å²) in [5.41, 5.74) is 0. The fourth-order valence-corrected chi connectivity index (χ4v) is 4.00. The lowest BCUT2D eigenvalue weighted by Gasteiger charge is -2.38. The molecule has 1 aromatic rings. The number of hydrogen-bond acceptors (Lipinski definition) is 4. The summed E-state index contributed by atoms with van der Waals surface area (Å²) in [5, 5.41) is 9.55. The number of furan rings is 1. The van der Waals surface area contributed by atoms with Gasteiger partial charge < -0.3 is 19.2 Å². The normalized spacial score (nSPS) is 25.3. The molecule has 2 fully saturated rings. The van der Waals surface area contributed by atoms with Gasteiger partial charge in [0.15, 0.2) is 0 Å². The van der Waals surface area contributed by atoms with Crippen LogP contribution in [0.3, 0.4) is 0 Å². The Morgan fingerprint density at radius 1 is 1.28 bits per heavy atom. The Bertz CT molecular complexity index is 564. The third kappa shape index (κ3) is 4.42. The van der Waals surface area contributed by atoms with Crippen molar-refractivity contribution in [2.45, 2.75) is 63.5 Å². The molecular formula is C19H27NO5. The van der Waals surface area contributed by atoms with E-state index in [9.17, 15) is 14.7 Å². The molecule has 2 atom stereocenters. The van der Waals surface area contributed by atoms with Crippen LogP contribution in [0, 0.1) is 5.92 Å². The van der Waals surface area contributed by atoms with Crippen LogP contribution in [-0.4, -0.2) is 41.1 Å². The van der Waals surface area contributed by atoms with Crippen LogP contribution in [0.25, 0.3) is 0 Å². The molecule has 1 aliphatic carbocycles. The van der Waals surface area contributed by atoms with Gasteiger partial charge in [-0.25, -0.2) is 0 Å². The van der Waals surface area contributed by atoms with Crippen molar-refractivity contribution in [3.63, 3.8) is 0 Å². The Balaban J connectivity index is 1.59. The molecule has 0 spiro atoms. The lowest BCUT2D eigenvalue weighted by atomic mass is 9.87. The zero-order valence-corrected chi connectivity index (χ0v) is 14.6. The Morgan fingerprint density at radius 3 is 2.76 bits per heavy atom. The topological polar surface area (TPSA) is 80.0 Å². The molecule has 1 amide bonds. The summed E-state index contributed by atoms with van der Waals surface area (Å²) in [7, 11) is 0. The molecule has 6 heteroatoms. The molecule has 1 aromatic heterocycles. The Morgan fingerprint density at radius 2 is 2.08 bits per heavy atom. The first-order chi connectivity index (χ1) is 12.2. The van der Waals surface area contributed by atoms with Gasteiger partial charge in [0.2, 0.25) is 5.91 Å². The second-order valence-electron chi connectivity index (χ2n) is 7.02. The second-order valence-corrected chi connectivity index (χ2v) is 7.02. The van der Waals surface area contributed by atoms with Gasteiger partial charge in [-0.2, -0.15) is 0 Å². The maximum absolute atomic E-state index is 12.4. The van der Waals surface area contributed by atoms with E-state index in [0.29, 0.717) is 37.9 Å². The van der Waals surface area contributed by atoms with Gasteiger partial charge in [-0.3, -0.25) is 9.59 Å². The lowest BCUT2D eigenvalue weighted by Crippen LogP contribution is -2.45. The van der Waals surface area contributed by atoms with E-state index in [4.69, 9.17) is 9.15 Å². The van der Waals surface area contributed by atoms with Crippen LogP contribution in [0.15, 0.2) is 22.8 Å². The molecule has 0 unspecified atom stereocenters. The molecule has 3 rings (SSSR count). The number of aliphatic carboxylic acids is 1. The molecule has 0 aromatic carbocycles. The third-order valence-corrected chi connectivity index (χ3v) is 5.31. The van der Waals surface area contributed by atoms with Gasteiger partial charge in [-0.05, 0) is 37.8 Å². The van der Waals surface area contributed by atoms with Crippen LogP contribution in [-0.2, 0) is 14.3 Å². The summed E-state index contributed by atoms with van der Waals surface area (Å²) >= 11 is 0. The predicted molar refractivity (Wildman–Crippen MR) is 91.0 cm³/mol. The van der Waals surface area contributed by atoms with Crippen LogP contribution in [0.5, 0.6) is 0 Å². The van der Waals surface area contributed by atoms with Crippen molar-refractivity contribution in [3.05, 3.63) is 24.2 Å². The molecule has 1 saturated carbocycles. The fourth-order valence-electron chi connectivity index (χ4n) is 4.00. The predicted octanol–water partition coefficient (Wildman–Crippen LogP) is 3.38. The molecule has 2 aliphatic rings. The first-order valence-electron chi connectivity index (χ1n) is 9.34. The number of rotatable bonds is 7. The highest BCUT2D eigenvalue weighted by Crippen LogP contribution is 2.37. The van der Waals surface area contributed by atoms with Crippen LogP contribution in [0.1, 0.15) is 63.2 Å². The summed E-state index contributed by atoms with van der Waals surface area (Å²) in [5.74, 6) is -0.953. The summed E-state index contributed by atoms with van der Waals surface area (Å²) in [4.78, 5) is 25.7. The number of hydrogen-bond donors (Lipinski definition) is 1. The highest BCUT2D eigenvalue weighted by Gasteiger charge is 2.41. The summed E-state index contributed by atoms with van der Waals surface area (Å²) < 4.78 is 11.4. The molecular weight excluding hydrogens is 322 g/mol. The van der Waals surface area contributed by atoms with E-state index in [1.54, 1.807) is 17.0 Å². The highest BCUT2D eigenvalue weighted by atomic mass is 16.5. The maximum atomic E-state index is 12.4. The Hall–Kier alpha value is -1.82. The third-order valence-electron chi connectivity index (χ3n) is 5.31. The van der Waals surface area contributed by atoms with Gasteiger partial charge in [-0.15, -0.1) is 0 Å². The number of likely N-dealkylation sites (tertiary alicyclic amines) is 1. The molecule has 2 heterocycles. The smallest absolute Gasteiger partial charge is 0.309 e. The van der Waals surface area contributed by atoms with Crippen LogP contribution < -0.4 is 0 Å². The highest BCUT2D eigenvalue weighted by molar-refractivity contribution is 5.81. The fraction of sp³-hybridized carbons (Fsp3) is 0.684. The number of carbonyl (C=O) groups excluding carboxylic acids is 1. The van der Waals surface area contributed by atoms with E-state index < -0.39 is 17.9 Å². The van der Waals surface area contributed by atoms with Gasteiger partial charge in [0.1, 0.15) is 11.8 Å². The van der Waals surface area contributed by atoms with Crippen molar-refractivity contribution in [2.24, 2.45) is 5.92 Å². The Kier molecular flexibility index (Phi) is 6.13. The zero-order chi connectivity index (χ0) is 17.6. The van der Waals surface area contributed by atoms with Gasteiger partial charge in [0.05, 0.1) is 18.3 Å². The number of ether oxygens (including phenoxy) is 1. The van der Waals surface area contributed by atoms with E-state index in [1.807, 2.05) is 0 Å². The minimum Gasteiger partial charge on any atom is -0.481 e. The van der Waals surface area contributed by atoms with Gasteiger partial charge in [-0.1, -0.05) is 19.3 Å². The largest absolute Gasteiger partial charge is 0.481 e. The molecule has 25 heavy (non-hydrogen) atoms. The molecule has 1 N–H and O–H groups in total. The number of amides is 1. The zero-order valence-electron chi connectivity index (χ0n) is 14.6. The van der Waals surface area contributed by atoms with Crippen molar-refractivity contribution in [1.29, 1.82) is 0 Å². The summed E-state index contributed by atoms with van der Waals surface area (Å²) in [6, 6.07) is 2.96. The van der Waals surface area contributed by atoms with E-state index >= 15 is 0 Å². The van der Waals surface area contributed by atoms with E-state index in [1.165, 1.54) is 25.5 Å². The molecule has 0 bridgehead atoms. The van der Waals surface area contributed by atoms with E-state index in [-0.39, 0.29) is 12.3 Å². The maximum Gasteiger partial charge on any atom is 0.309 e. The van der Waals surface area contributed by atoms with Crippen molar-refractivity contribution in [2.75, 3.05) is 13.2 Å². The first kappa shape index (κ1) is 18.0. The molecule has 0 radical (unpaired) electrons. The van der Waals surface area contributed by atoms with Crippen molar-refractivity contribution in [1.82, 2.24) is 4.90 Å². The lowest BCUT2D eigenvalue weighted by molar-refractivity contribution is -0.153. The van der Waals surface area contributed by atoms with Crippen molar-refractivity contribution in [3.8, 4) is 0 Å². The van der Waals surface area contributed by atoms with Crippen LogP contribution in [0.4, 0.5) is 0 Å². The van der Waals surface area contributed by atoms with E-state index in [2.05, 4.69) is 0 Å². The van der Waals surface area contributed by atoms with Crippen molar-refractivity contribution >= 4 is 11.9 Å². The summed E-state index contributed by atoms with van der Waals surface area (Å²) in [6.07, 6.45) is 9.22. The minimum atomic E-state index is -0.877. The monoisotopic (exact) mass is 349 g/mol. The quantitative estimate of drug-likeness (QED) is 0.763. The van der Waals surface area contributed by atoms with Crippen molar-refractivity contribution < 1.29 is 23.8 Å². The second kappa shape index (κ2) is 8.52. The molecule has 6 nitrogen and oxygen atoms in total. The van der Waals surface area contributed by atoms with Gasteiger partial charge >= 0.3 is 5.97 Å². The van der Waals surface area contributed by atoms with Crippen LogP contribution in [0.2, 0.25) is 0 Å². The number of carbonyl (C=O) groups is 2. The molecule has 138 valence electrons. The average Bonchev–Trinajstić information content (AvgIpc) is 3.14. The van der Waals surface area contributed by atoms with Crippen LogP contribution >= 0.6 is 0 Å². The van der Waals surface area contributed by atoms with Gasteiger partial charge in [0, 0.05) is 19.6 Å². The SMILES string of the molecule is O=C(O)[C@@H]1CCC(=O)N(CCCOC2CCCCC2)[C@H]1c1ccco1. The van der Waals surface area contributed by atoms with Gasteiger partial charge in [0.25, 0.3) is 0 Å². The number of piperidine rings is 1. The first-order valence-corrected chi connectivity index (χ1v) is 9.34. The number of carboxylic acid groups (broad SMARTS) is 1. The average molecular weight is 349 g/mol. The Labute approximate surface area is 148 Å². The number of carboxylic acids is 1.